The molecule has 1 aromatic carbocycles. The lowest BCUT2D eigenvalue weighted by molar-refractivity contribution is -0.150. The van der Waals surface area contributed by atoms with Crippen molar-refractivity contribution in [2.24, 2.45) is 0 Å². The standard InChI is InChI=1S/C15H18FNO3/c1-10(8-11-4-3-5-12(16)9-11)17-13(15(19)20-2)6-7-14(17)18/h3-5,9-10,13H,6-8H2,1-2H3. The summed E-state index contributed by atoms with van der Waals surface area (Å²) < 4.78 is 17.9. The van der Waals surface area contributed by atoms with Crippen LogP contribution in [0.4, 0.5) is 4.39 Å². The molecule has 0 spiro atoms. The van der Waals surface area contributed by atoms with Gasteiger partial charge in [-0.3, -0.25) is 4.79 Å². The lowest BCUT2D eigenvalue weighted by Crippen LogP contribution is -2.45. The minimum Gasteiger partial charge on any atom is -0.467 e. The molecule has 0 bridgehead atoms. The van der Waals surface area contributed by atoms with Crippen molar-refractivity contribution in [1.29, 1.82) is 0 Å². The Labute approximate surface area is 117 Å². The van der Waals surface area contributed by atoms with Gasteiger partial charge in [0, 0.05) is 12.5 Å². The molecule has 2 unspecified atom stereocenters. The van der Waals surface area contributed by atoms with Crippen molar-refractivity contribution in [3.05, 3.63) is 35.6 Å². The molecule has 1 amide bonds. The largest absolute Gasteiger partial charge is 0.467 e. The highest BCUT2D eigenvalue weighted by Crippen LogP contribution is 2.24. The Bertz CT molecular complexity index is 518. The van der Waals surface area contributed by atoms with Crippen LogP contribution in [0.25, 0.3) is 0 Å². The molecule has 20 heavy (non-hydrogen) atoms. The number of methoxy groups -OCH3 is 1. The normalized spacial score (nSPS) is 20.1. The molecule has 0 radical (unpaired) electrons. The Hall–Kier alpha value is -1.91. The second-order valence-corrected chi connectivity index (χ2v) is 5.06. The van der Waals surface area contributed by atoms with Crippen LogP contribution >= 0.6 is 0 Å². The monoisotopic (exact) mass is 279 g/mol. The molecule has 108 valence electrons. The molecule has 4 nitrogen and oxygen atoms in total. The third-order valence-corrected chi connectivity index (χ3v) is 3.62. The number of hydrogen-bond donors (Lipinski definition) is 0. The Morgan fingerprint density at radius 1 is 1.55 bits per heavy atom. The van der Waals surface area contributed by atoms with Gasteiger partial charge in [0.1, 0.15) is 11.9 Å². The summed E-state index contributed by atoms with van der Waals surface area (Å²) in [5.41, 5.74) is 0.806. The van der Waals surface area contributed by atoms with Crippen LogP contribution in [-0.4, -0.2) is 36.0 Å². The zero-order chi connectivity index (χ0) is 14.7. The third kappa shape index (κ3) is 2.98. The molecule has 1 aliphatic heterocycles. The lowest BCUT2D eigenvalue weighted by atomic mass is 10.0. The highest BCUT2D eigenvalue weighted by Gasteiger charge is 2.39. The highest BCUT2D eigenvalue weighted by atomic mass is 19.1. The SMILES string of the molecule is COC(=O)C1CCC(=O)N1C(C)Cc1cccc(F)c1. The van der Waals surface area contributed by atoms with Gasteiger partial charge in [-0.1, -0.05) is 12.1 Å². The van der Waals surface area contributed by atoms with Gasteiger partial charge in [-0.15, -0.1) is 0 Å². The Balaban J connectivity index is 2.12. The Morgan fingerprint density at radius 2 is 2.30 bits per heavy atom. The van der Waals surface area contributed by atoms with E-state index in [1.54, 1.807) is 11.0 Å². The predicted molar refractivity (Wildman–Crippen MR) is 71.5 cm³/mol. The van der Waals surface area contributed by atoms with Gasteiger partial charge in [-0.05, 0) is 37.5 Å². The number of ether oxygens (including phenoxy) is 1. The fraction of sp³-hybridized carbons (Fsp3) is 0.467. The van der Waals surface area contributed by atoms with Crippen molar-refractivity contribution in [3.8, 4) is 0 Å². The molecule has 2 atom stereocenters. The van der Waals surface area contributed by atoms with E-state index < -0.39 is 6.04 Å². The van der Waals surface area contributed by atoms with E-state index >= 15 is 0 Å². The van der Waals surface area contributed by atoms with E-state index in [1.807, 2.05) is 13.0 Å². The number of carbonyl (C=O) groups excluding carboxylic acids is 2. The summed E-state index contributed by atoms with van der Waals surface area (Å²) in [5, 5.41) is 0. The molecule has 1 aliphatic rings. The zero-order valence-corrected chi connectivity index (χ0v) is 11.6. The summed E-state index contributed by atoms with van der Waals surface area (Å²) in [4.78, 5) is 25.2. The second kappa shape index (κ2) is 6.03. The number of nitrogens with zero attached hydrogens (tertiary/aromatic N) is 1. The maximum atomic E-state index is 13.2. The number of likely N-dealkylation sites (tertiary alicyclic amines) is 1. The quantitative estimate of drug-likeness (QED) is 0.791. The van der Waals surface area contributed by atoms with Crippen LogP contribution in [0, 0.1) is 5.82 Å². The van der Waals surface area contributed by atoms with Crippen molar-refractivity contribution < 1.29 is 18.7 Å². The molecule has 5 heteroatoms. The molecule has 0 aliphatic carbocycles. The molecular formula is C15H18FNO3. The number of rotatable bonds is 4. The van der Waals surface area contributed by atoms with E-state index in [1.165, 1.54) is 19.2 Å². The number of amides is 1. The average molecular weight is 279 g/mol. The molecule has 1 fully saturated rings. The van der Waals surface area contributed by atoms with Crippen LogP contribution in [0.15, 0.2) is 24.3 Å². The molecular weight excluding hydrogens is 261 g/mol. The Kier molecular flexibility index (Phi) is 4.37. The van der Waals surface area contributed by atoms with E-state index in [-0.39, 0.29) is 23.7 Å². The molecule has 1 aromatic rings. The van der Waals surface area contributed by atoms with Gasteiger partial charge in [0.15, 0.2) is 0 Å². The minimum absolute atomic E-state index is 0.0516. The van der Waals surface area contributed by atoms with E-state index in [9.17, 15) is 14.0 Å². The van der Waals surface area contributed by atoms with Crippen molar-refractivity contribution >= 4 is 11.9 Å². The maximum Gasteiger partial charge on any atom is 0.328 e. The van der Waals surface area contributed by atoms with Gasteiger partial charge in [-0.25, -0.2) is 9.18 Å². The van der Waals surface area contributed by atoms with Crippen molar-refractivity contribution in [2.45, 2.75) is 38.3 Å². The first kappa shape index (κ1) is 14.5. The number of carbonyl (C=O) groups is 2. The van der Waals surface area contributed by atoms with E-state index in [2.05, 4.69) is 0 Å². The zero-order valence-electron chi connectivity index (χ0n) is 11.6. The van der Waals surface area contributed by atoms with Gasteiger partial charge in [0.05, 0.1) is 7.11 Å². The van der Waals surface area contributed by atoms with Gasteiger partial charge in [0.25, 0.3) is 0 Å². The first-order valence-electron chi connectivity index (χ1n) is 6.66. The summed E-state index contributed by atoms with van der Waals surface area (Å²) >= 11 is 0. The second-order valence-electron chi connectivity index (χ2n) is 5.06. The summed E-state index contributed by atoms with van der Waals surface area (Å²) in [5.74, 6) is -0.738. The highest BCUT2D eigenvalue weighted by molar-refractivity contribution is 5.88. The van der Waals surface area contributed by atoms with Crippen LogP contribution < -0.4 is 0 Å². The fourth-order valence-corrected chi connectivity index (χ4v) is 2.73. The molecule has 1 saturated heterocycles. The minimum atomic E-state index is -0.518. The van der Waals surface area contributed by atoms with Crippen molar-refractivity contribution in [1.82, 2.24) is 4.90 Å². The topological polar surface area (TPSA) is 46.6 Å². The molecule has 0 aromatic heterocycles. The molecule has 0 N–H and O–H groups in total. The van der Waals surface area contributed by atoms with Crippen LogP contribution in [-0.2, 0) is 20.7 Å². The fourth-order valence-electron chi connectivity index (χ4n) is 2.73. The molecule has 2 rings (SSSR count). The maximum absolute atomic E-state index is 13.2. The van der Waals surface area contributed by atoms with Crippen molar-refractivity contribution in [3.63, 3.8) is 0 Å². The Morgan fingerprint density at radius 3 is 2.95 bits per heavy atom. The van der Waals surface area contributed by atoms with Crippen LogP contribution in [0.2, 0.25) is 0 Å². The van der Waals surface area contributed by atoms with Gasteiger partial charge in [0.2, 0.25) is 5.91 Å². The summed E-state index contributed by atoms with van der Waals surface area (Å²) in [6.07, 6.45) is 1.35. The average Bonchev–Trinajstić information content (AvgIpc) is 2.80. The van der Waals surface area contributed by atoms with E-state index in [0.29, 0.717) is 19.3 Å². The van der Waals surface area contributed by atoms with Gasteiger partial charge in [-0.2, -0.15) is 0 Å². The van der Waals surface area contributed by atoms with Crippen molar-refractivity contribution in [2.75, 3.05) is 7.11 Å². The number of hydrogen-bond acceptors (Lipinski definition) is 3. The summed E-state index contributed by atoms with van der Waals surface area (Å²) in [6.45, 7) is 1.87. The number of esters is 1. The third-order valence-electron chi connectivity index (χ3n) is 3.62. The molecule has 0 saturated carbocycles. The van der Waals surface area contributed by atoms with E-state index in [4.69, 9.17) is 4.74 Å². The lowest BCUT2D eigenvalue weighted by Gasteiger charge is -2.29. The van der Waals surface area contributed by atoms with Crippen LogP contribution in [0.1, 0.15) is 25.3 Å². The first-order valence-corrected chi connectivity index (χ1v) is 6.66. The van der Waals surface area contributed by atoms with E-state index in [0.717, 1.165) is 5.56 Å². The first-order chi connectivity index (χ1) is 9.52. The van der Waals surface area contributed by atoms with Gasteiger partial charge < -0.3 is 9.64 Å². The summed E-state index contributed by atoms with van der Waals surface area (Å²) in [7, 11) is 1.32. The van der Waals surface area contributed by atoms with Gasteiger partial charge >= 0.3 is 5.97 Å². The molecule has 1 heterocycles. The van der Waals surface area contributed by atoms with Crippen LogP contribution in [0.3, 0.4) is 0 Å². The number of benzene rings is 1. The summed E-state index contributed by atoms with van der Waals surface area (Å²) in [6, 6.07) is 5.59. The smallest absolute Gasteiger partial charge is 0.328 e. The number of halogens is 1. The predicted octanol–water partition coefficient (Wildman–Crippen LogP) is 1.92. The van der Waals surface area contributed by atoms with Crippen LogP contribution in [0.5, 0.6) is 0 Å².